The van der Waals surface area contributed by atoms with Crippen molar-refractivity contribution in [3.63, 3.8) is 0 Å². The molecule has 3 heterocycles. The predicted octanol–water partition coefficient (Wildman–Crippen LogP) is 3.90. The number of hydrogen-bond acceptors (Lipinski definition) is 4. The summed E-state index contributed by atoms with van der Waals surface area (Å²) in [6.45, 7) is 3.65. The number of aromatic nitrogens is 2. The van der Waals surface area contributed by atoms with Crippen LogP contribution in [0.25, 0.3) is 11.0 Å². The molecule has 5 rings (SSSR count). The number of carbonyl (C=O) groups excluding carboxylic acids is 1. The van der Waals surface area contributed by atoms with Crippen LogP contribution in [0.2, 0.25) is 0 Å². The maximum atomic E-state index is 12.2. The third-order valence-electron chi connectivity index (χ3n) is 5.08. The molecule has 1 N–H and O–H groups in total. The van der Waals surface area contributed by atoms with Crippen molar-refractivity contribution in [2.24, 2.45) is 0 Å². The minimum Gasteiger partial charge on any atom is -0.459 e. The number of furan rings is 1. The van der Waals surface area contributed by atoms with E-state index >= 15 is 0 Å². The molecule has 0 bridgehead atoms. The van der Waals surface area contributed by atoms with Crippen LogP contribution in [0.5, 0.6) is 0 Å². The Hall–Kier alpha value is -3.38. The van der Waals surface area contributed by atoms with E-state index in [-0.39, 0.29) is 5.91 Å². The molecule has 1 aliphatic rings. The number of nitrogens with zero attached hydrogens (tertiary/aromatic N) is 3. The highest BCUT2D eigenvalue weighted by atomic mass is 16.3. The highest BCUT2D eigenvalue weighted by Gasteiger charge is 2.20. The van der Waals surface area contributed by atoms with Gasteiger partial charge in [0.05, 0.1) is 23.8 Å². The van der Waals surface area contributed by atoms with E-state index in [1.807, 2.05) is 24.3 Å². The molecule has 0 unspecified atom stereocenters. The number of carbonyl (C=O) groups is 1. The molecule has 140 valence electrons. The zero-order chi connectivity index (χ0) is 18.9. The SMILES string of the molecule is O=C(Nc1ccc2c(c1)nc1n2CCN(Cc2ccccc2)C1)c1ccco1. The zero-order valence-corrected chi connectivity index (χ0v) is 15.3. The number of benzene rings is 2. The lowest BCUT2D eigenvalue weighted by Gasteiger charge is -2.27. The first-order valence-corrected chi connectivity index (χ1v) is 9.36. The molecule has 1 aliphatic heterocycles. The van der Waals surface area contributed by atoms with Gasteiger partial charge in [-0.3, -0.25) is 9.69 Å². The second-order valence-corrected chi connectivity index (χ2v) is 7.01. The fourth-order valence-corrected chi connectivity index (χ4v) is 3.73. The molecule has 28 heavy (non-hydrogen) atoms. The van der Waals surface area contributed by atoms with E-state index in [2.05, 4.69) is 39.0 Å². The van der Waals surface area contributed by atoms with Gasteiger partial charge in [0.1, 0.15) is 5.82 Å². The maximum absolute atomic E-state index is 12.2. The summed E-state index contributed by atoms with van der Waals surface area (Å²) in [5, 5.41) is 2.87. The quantitative estimate of drug-likeness (QED) is 0.590. The number of fused-ring (bicyclic) bond motifs is 3. The molecule has 0 radical (unpaired) electrons. The van der Waals surface area contributed by atoms with E-state index < -0.39 is 0 Å². The number of amides is 1. The normalized spacial score (nSPS) is 14.1. The van der Waals surface area contributed by atoms with E-state index in [1.165, 1.54) is 11.8 Å². The molecule has 0 saturated heterocycles. The Balaban J connectivity index is 1.36. The molecule has 6 nitrogen and oxygen atoms in total. The lowest BCUT2D eigenvalue weighted by atomic mass is 10.2. The van der Waals surface area contributed by atoms with Crippen molar-refractivity contribution in [2.45, 2.75) is 19.6 Å². The van der Waals surface area contributed by atoms with E-state index in [0.29, 0.717) is 11.4 Å². The van der Waals surface area contributed by atoms with Crippen molar-refractivity contribution in [3.05, 3.63) is 84.1 Å². The van der Waals surface area contributed by atoms with Crippen LogP contribution < -0.4 is 5.32 Å². The smallest absolute Gasteiger partial charge is 0.291 e. The Morgan fingerprint density at radius 2 is 1.96 bits per heavy atom. The number of hydrogen-bond donors (Lipinski definition) is 1. The summed E-state index contributed by atoms with van der Waals surface area (Å²) in [6, 6.07) is 19.7. The van der Waals surface area contributed by atoms with Crippen LogP contribution in [0.4, 0.5) is 5.69 Å². The van der Waals surface area contributed by atoms with E-state index in [0.717, 1.165) is 43.0 Å². The second kappa shape index (κ2) is 6.98. The molecule has 2 aromatic heterocycles. The maximum Gasteiger partial charge on any atom is 0.291 e. The molecule has 4 aromatic rings. The van der Waals surface area contributed by atoms with Gasteiger partial charge in [-0.25, -0.2) is 4.98 Å². The fourth-order valence-electron chi connectivity index (χ4n) is 3.73. The lowest BCUT2D eigenvalue weighted by Crippen LogP contribution is -2.33. The minimum absolute atomic E-state index is 0.262. The Morgan fingerprint density at radius 1 is 1.07 bits per heavy atom. The van der Waals surface area contributed by atoms with E-state index in [9.17, 15) is 4.79 Å². The Kier molecular flexibility index (Phi) is 4.18. The molecule has 0 atom stereocenters. The van der Waals surface area contributed by atoms with Crippen molar-refractivity contribution in [3.8, 4) is 0 Å². The van der Waals surface area contributed by atoms with Gasteiger partial charge in [-0.15, -0.1) is 0 Å². The van der Waals surface area contributed by atoms with Gasteiger partial charge >= 0.3 is 0 Å². The van der Waals surface area contributed by atoms with Crippen LogP contribution in [-0.2, 0) is 19.6 Å². The first-order chi connectivity index (χ1) is 13.8. The summed E-state index contributed by atoms with van der Waals surface area (Å²) in [7, 11) is 0. The molecule has 0 aliphatic carbocycles. The zero-order valence-electron chi connectivity index (χ0n) is 15.3. The average molecular weight is 372 g/mol. The van der Waals surface area contributed by atoms with Crippen LogP contribution in [0.3, 0.4) is 0 Å². The Bertz CT molecular complexity index is 1120. The lowest BCUT2D eigenvalue weighted by molar-refractivity contribution is 0.0996. The Labute approximate surface area is 162 Å². The topological polar surface area (TPSA) is 63.3 Å². The van der Waals surface area contributed by atoms with Crippen LogP contribution in [0, 0.1) is 0 Å². The summed E-state index contributed by atoms with van der Waals surface area (Å²) >= 11 is 0. The van der Waals surface area contributed by atoms with Gasteiger partial charge in [0.2, 0.25) is 0 Å². The van der Waals surface area contributed by atoms with Crippen molar-refractivity contribution < 1.29 is 9.21 Å². The second-order valence-electron chi connectivity index (χ2n) is 7.01. The van der Waals surface area contributed by atoms with Crippen molar-refractivity contribution in [2.75, 3.05) is 11.9 Å². The third kappa shape index (κ3) is 3.18. The summed E-state index contributed by atoms with van der Waals surface area (Å²) in [5.74, 6) is 1.09. The molecule has 2 aromatic carbocycles. The van der Waals surface area contributed by atoms with E-state index in [1.54, 1.807) is 12.1 Å². The third-order valence-corrected chi connectivity index (χ3v) is 5.08. The van der Waals surface area contributed by atoms with Gasteiger partial charge in [0, 0.05) is 25.3 Å². The van der Waals surface area contributed by atoms with E-state index in [4.69, 9.17) is 9.40 Å². The molecule has 0 saturated carbocycles. The molecular weight excluding hydrogens is 352 g/mol. The van der Waals surface area contributed by atoms with Crippen LogP contribution >= 0.6 is 0 Å². The number of rotatable bonds is 4. The van der Waals surface area contributed by atoms with Gasteiger partial charge in [0.15, 0.2) is 5.76 Å². The monoisotopic (exact) mass is 372 g/mol. The van der Waals surface area contributed by atoms with Crippen molar-refractivity contribution in [1.29, 1.82) is 0 Å². The van der Waals surface area contributed by atoms with Crippen molar-refractivity contribution in [1.82, 2.24) is 14.5 Å². The summed E-state index contributed by atoms with van der Waals surface area (Å²) < 4.78 is 7.42. The van der Waals surface area contributed by atoms with Gasteiger partial charge in [0.25, 0.3) is 5.91 Å². The number of imidazole rings is 1. The molecule has 1 amide bonds. The first kappa shape index (κ1) is 16.8. The Morgan fingerprint density at radius 3 is 2.79 bits per heavy atom. The van der Waals surface area contributed by atoms with Crippen LogP contribution in [0.1, 0.15) is 21.9 Å². The van der Waals surface area contributed by atoms with Gasteiger partial charge in [-0.2, -0.15) is 0 Å². The average Bonchev–Trinajstić information content (AvgIpc) is 3.36. The molecule has 0 spiro atoms. The predicted molar refractivity (Wildman–Crippen MR) is 107 cm³/mol. The highest BCUT2D eigenvalue weighted by Crippen LogP contribution is 2.25. The molecule has 6 heteroatoms. The molecule has 0 fully saturated rings. The number of nitrogens with one attached hydrogen (secondary N) is 1. The summed E-state index contributed by atoms with van der Waals surface area (Å²) in [4.78, 5) is 19.4. The minimum atomic E-state index is -0.262. The van der Waals surface area contributed by atoms with Gasteiger partial charge in [-0.05, 0) is 35.9 Å². The van der Waals surface area contributed by atoms with Crippen LogP contribution in [-0.4, -0.2) is 26.9 Å². The van der Waals surface area contributed by atoms with Gasteiger partial charge < -0.3 is 14.3 Å². The summed E-state index contributed by atoms with van der Waals surface area (Å²) in [5.41, 5.74) is 4.03. The van der Waals surface area contributed by atoms with Crippen LogP contribution in [0.15, 0.2) is 71.3 Å². The van der Waals surface area contributed by atoms with Crippen molar-refractivity contribution >= 4 is 22.6 Å². The van der Waals surface area contributed by atoms with Gasteiger partial charge in [-0.1, -0.05) is 30.3 Å². The number of anilines is 1. The fraction of sp³-hybridized carbons (Fsp3) is 0.182. The first-order valence-electron chi connectivity index (χ1n) is 9.36. The highest BCUT2D eigenvalue weighted by molar-refractivity contribution is 6.03. The summed E-state index contributed by atoms with van der Waals surface area (Å²) in [6.07, 6.45) is 1.49. The molecular formula is C22H20N4O2. The largest absolute Gasteiger partial charge is 0.459 e. The standard InChI is InChI=1S/C22H20N4O2/c27-22(20-7-4-12-28-20)23-17-8-9-19-18(13-17)24-21-15-25(10-11-26(19)21)14-16-5-2-1-3-6-16/h1-9,12-13H,10-11,14-15H2,(H,23,27).